The van der Waals surface area contributed by atoms with E-state index in [-0.39, 0.29) is 0 Å². The summed E-state index contributed by atoms with van der Waals surface area (Å²) >= 11 is 0. The van der Waals surface area contributed by atoms with Crippen LogP contribution >= 0.6 is 0 Å². The molecular formula is C16H17F4N3O. The van der Waals surface area contributed by atoms with E-state index < -0.39 is 29.3 Å². The molecule has 130 valence electrons. The molecule has 0 atom stereocenters. The van der Waals surface area contributed by atoms with Gasteiger partial charge in [-0.3, -0.25) is 4.79 Å². The van der Waals surface area contributed by atoms with Gasteiger partial charge in [0, 0.05) is 12.7 Å². The lowest BCUT2D eigenvalue weighted by atomic mass is 10.1. The molecule has 0 spiro atoms. The minimum absolute atomic E-state index is 0.368. The number of hydrogen-bond donors (Lipinski definition) is 1. The van der Waals surface area contributed by atoms with Gasteiger partial charge in [0.1, 0.15) is 5.56 Å². The van der Waals surface area contributed by atoms with E-state index in [2.05, 4.69) is 10.4 Å². The summed E-state index contributed by atoms with van der Waals surface area (Å²) in [4.78, 5) is 12.2. The Morgan fingerprint density at radius 3 is 2.58 bits per heavy atom. The van der Waals surface area contributed by atoms with Gasteiger partial charge in [-0.1, -0.05) is 31.5 Å². The molecule has 1 heterocycles. The zero-order valence-corrected chi connectivity index (χ0v) is 13.2. The Morgan fingerprint density at radius 2 is 1.96 bits per heavy atom. The number of aromatic nitrogens is 2. The third-order valence-corrected chi connectivity index (χ3v) is 3.54. The van der Waals surface area contributed by atoms with Crippen LogP contribution in [0.3, 0.4) is 0 Å². The van der Waals surface area contributed by atoms with Crippen LogP contribution in [0.15, 0.2) is 24.3 Å². The standard InChI is InChI=1S/C16H17F4N3O/c1-3-4-7-10-8-5-6-9-11(10)21-15(24)12-13(16(18,19)20)22-23(2)14(12)17/h5-6,8-9H,3-4,7H2,1-2H3,(H,21,24). The predicted octanol–water partition coefficient (Wildman–Crippen LogP) is 4.17. The highest BCUT2D eigenvalue weighted by Gasteiger charge is 2.41. The molecule has 24 heavy (non-hydrogen) atoms. The maximum atomic E-state index is 13.9. The monoisotopic (exact) mass is 343 g/mol. The highest BCUT2D eigenvalue weighted by atomic mass is 19.4. The molecule has 1 aromatic heterocycles. The van der Waals surface area contributed by atoms with Crippen LogP contribution in [0.5, 0.6) is 0 Å². The molecule has 8 heteroatoms. The number of carbonyl (C=O) groups excluding carboxylic acids is 1. The minimum atomic E-state index is -4.92. The Bertz CT molecular complexity index is 737. The van der Waals surface area contributed by atoms with Gasteiger partial charge in [-0.25, -0.2) is 4.68 Å². The number of benzene rings is 1. The third kappa shape index (κ3) is 3.74. The fourth-order valence-corrected chi connectivity index (χ4v) is 2.32. The number of rotatable bonds is 5. The van der Waals surface area contributed by atoms with Crippen molar-refractivity contribution in [3.05, 3.63) is 47.0 Å². The van der Waals surface area contributed by atoms with Crippen molar-refractivity contribution >= 4 is 11.6 Å². The summed E-state index contributed by atoms with van der Waals surface area (Å²) in [7, 11) is 1.01. The van der Waals surface area contributed by atoms with Gasteiger partial charge < -0.3 is 5.32 Å². The van der Waals surface area contributed by atoms with Gasteiger partial charge in [0.05, 0.1) is 0 Å². The Balaban J connectivity index is 2.35. The van der Waals surface area contributed by atoms with E-state index in [1.807, 2.05) is 6.92 Å². The number of amides is 1. The molecule has 0 aliphatic carbocycles. The summed E-state index contributed by atoms with van der Waals surface area (Å²) in [5, 5.41) is 5.44. The molecule has 0 fully saturated rings. The van der Waals surface area contributed by atoms with Crippen molar-refractivity contribution in [3.8, 4) is 0 Å². The zero-order chi connectivity index (χ0) is 17.9. The number of alkyl halides is 3. The predicted molar refractivity (Wildman–Crippen MR) is 81.2 cm³/mol. The molecule has 1 amide bonds. The van der Waals surface area contributed by atoms with Crippen LogP contribution in [-0.4, -0.2) is 15.7 Å². The zero-order valence-electron chi connectivity index (χ0n) is 13.2. The number of halogens is 4. The van der Waals surface area contributed by atoms with E-state index in [1.165, 1.54) is 0 Å². The first-order chi connectivity index (χ1) is 11.3. The van der Waals surface area contributed by atoms with Crippen molar-refractivity contribution in [3.63, 3.8) is 0 Å². The molecule has 2 aromatic rings. The largest absolute Gasteiger partial charge is 0.436 e. The second-order valence-corrected chi connectivity index (χ2v) is 5.35. The van der Waals surface area contributed by atoms with Gasteiger partial charge in [-0.2, -0.15) is 22.7 Å². The topological polar surface area (TPSA) is 46.9 Å². The Kier molecular flexibility index (Phi) is 5.26. The van der Waals surface area contributed by atoms with Crippen LogP contribution in [0, 0.1) is 5.95 Å². The summed E-state index contributed by atoms with van der Waals surface area (Å²) in [6, 6.07) is 6.77. The maximum absolute atomic E-state index is 13.9. The van der Waals surface area contributed by atoms with Crippen molar-refractivity contribution in [2.45, 2.75) is 32.4 Å². The van der Waals surface area contributed by atoms with Crippen LogP contribution in [-0.2, 0) is 19.6 Å². The normalized spacial score (nSPS) is 11.6. The minimum Gasteiger partial charge on any atom is -0.322 e. The molecule has 4 nitrogen and oxygen atoms in total. The average Bonchev–Trinajstić information content (AvgIpc) is 2.82. The highest BCUT2D eigenvalue weighted by molar-refractivity contribution is 6.05. The Hall–Kier alpha value is -2.38. The van der Waals surface area contributed by atoms with Crippen molar-refractivity contribution in [1.82, 2.24) is 9.78 Å². The first kappa shape index (κ1) is 18.0. The number of hydrogen-bond acceptors (Lipinski definition) is 2. The molecular weight excluding hydrogens is 326 g/mol. The lowest BCUT2D eigenvalue weighted by Crippen LogP contribution is -2.19. The number of anilines is 1. The summed E-state index contributed by atoms with van der Waals surface area (Å²) in [6.07, 6.45) is -2.47. The summed E-state index contributed by atoms with van der Waals surface area (Å²) < 4.78 is 53.2. The smallest absolute Gasteiger partial charge is 0.322 e. The molecule has 0 saturated heterocycles. The highest BCUT2D eigenvalue weighted by Crippen LogP contribution is 2.32. The van der Waals surface area contributed by atoms with E-state index in [0.717, 1.165) is 25.5 Å². The van der Waals surface area contributed by atoms with Crippen molar-refractivity contribution in [1.29, 1.82) is 0 Å². The molecule has 0 aliphatic rings. The van der Waals surface area contributed by atoms with Gasteiger partial charge in [0.25, 0.3) is 5.91 Å². The van der Waals surface area contributed by atoms with E-state index >= 15 is 0 Å². The first-order valence-electron chi connectivity index (χ1n) is 7.44. The summed E-state index contributed by atoms with van der Waals surface area (Å²) in [5.74, 6) is -2.50. The van der Waals surface area contributed by atoms with E-state index in [4.69, 9.17) is 0 Å². The maximum Gasteiger partial charge on any atom is 0.436 e. The lowest BCUT2D eigenvalue weighted by Gasteiger charge is -2.11. The summed E-state index contributed by atoms with van der Waals surface area (Å²) in [6.45, 7) is 2.00. The SMILES string of the molecule is CCCCc1ccccc1NC(=O)c1c(C(F)(F)F)nn(C)c1F. The van der Waals surface area contributed by atoms with Crippen LogP contribution in [0.4, 0.5) is 23.2 Å². The fraction of sp³-hybridized carbons (Fsp3) is 0.375. The number of nitrogens with zero attached hydrogens (tertiary/aromatic N) is 2. The van der Waals surface area contributed by atoms with Crippen molar-refractivity contribution in [2.24, 2.45) is 7.05 Å². The molecule has 2 rings (SSSR count). The number of carbonyl (C=O) groups is 1. The van der Waals surface area contributed by atoms with Crippen LogP contribution in [0.2, 0.25) is 0 Å². The van der Waals surface area contributed by atoms with Crippen LogP contribution < -0.4 is 5.32 Å². The quantitative estimate of drug-likeness (QED) is 0.828. The van der Waals surface area contributed by atoms with Crippen LogP contribution in [0.1, 0.15) is 41.4 Å². The lowest BCUT2D eigenvalue weighted by molar-refractivity contribution is -0.141. The van der Waals surface area contributed by atoms with Gasteiger partial charge in [-0.05, 0) is 24.5 Å². The number of nitrogens with one attached hydrogen (secondary N) is 1. The van der Waals surface area contributed by atoms with E-state index in [0.29, 0.717) is 16.8 Å². The van der Waals surface area contributed by atoms with Gasteiger partial charge in [0.15, 0.2) is 5.69 Å². The number of para-hydroxylation sites is 1. The van der Waals surface area contributed by atoms with Crippen molar-refractivity contribution in [2.75, 3.05) is 5.32 Å². The molecule has 0 aliphatic heterocycles. The first-order valence-corrected chi connectivity index (χ1v) is 7.44. The third-order valence-electron chi connectivity index (χ3n) is 3.54. The Labute approximate surface area is 136 Å². The second kappa shape index (κ2) is 7.02. The number of aryl methyl sites for hydroxylation is 2. The van der Waals surface area contributed by atoms with E-state index in [1.54, 1.807) is 24.3 Å². The molecule has 1 aromatic carbocycles. The summed E-state index contributed by atoms with van der Waals surface area (Å²) in [5.41, 5.74) is -1.49. The molecule has 0 saturated carbocycles. The fourth-order valence-electron chi connectivity index (χ4n) is 2.32. The van der Waals surface area contributed by atoms with Crippen molar-refractivity contribution < 1.29 is 22.4 Å². The van der Waals surface area contributed by atoms with Gasteiger partial charge in [-0.15, -0.1) is 0 Å². The number of unbranched alkanes of at least 4 members (excludes halogenated alkanes) is 1. The Morgan fingerprint density at radius 1 is 1.29 bits per heavy atom. The second-order valence-electron chi connectivity index (χ2n) is 5.35. The van der Waals surface area contributed by atoms with Crippen LogP contribution in [0.25, 0.3) is 0 Å². The van der Waals surface area contributed by atoms with E-state index in [9.17, 15) is 22.4 Å². The van der Waals surface area contributed by atoms with Gasteiger partial charge >= 0.3 is 6.18 Å². The van der Waals surface area contributed by atoms with Gasteiger partial charge in [0.2, 0.25) is 5.95 Å². The molecule has 0 unspecified atom stereocenters. The molecule has 0 bridgehead atoms. The molecule has 0 radical (unpaired) electrons. The average molecular weight is 343 g/mol. The molecule has 1 N–H and O–H groups in total.